The van der Waals surface area contributed by atoms with Crippen molar-refractivity contribution in [2.24, 2.45) is 5.73 Å². The summed E-state index contributed by atoms with van der Waals surface area (Å²) in [5.41, 5.74) is 5.34. The zero-order valence-corrected chi connectivity index (χ0v) is 34.2. The Morgan fingerprint density at radius 3 is 1.64 bits per heavy atom. The molecule has 0 bridgehead atoms. The smallest absolute Gasteiger partial charge is 0.472 e. The normalized spacial score (nSPS) is 14.4. The van der Waals surface area contributed by atoms with Gasteiger partial charge < -0.3 is 25.2 Å². The van der Waals surface area contributed by atoms with Crippen molar-refractivity contribution < 1.29 is 42.7 Å². The maximum Gasteiger partial charge on any atom is 0.472 e. The van der Waals surface area contributed by atoms with E-state index in [1.165, 1.54) is 83.5 Å². The van der Waals surface area contributed by atoms with Gasteiger partial charge in [0.25, 0.3) is 0 Å². The average Bonchev–Trinajstić information content (AvgIpc) is 3.13. The highest BCUT2D eigenvalue weighted by atomic mass is 31.2. The van der Waals surface area contributed by atoms with Crippen LogP contribution in [0, 0.1) is 0 Å². The number of aliphatic carboxylic acids is 1. The van der Waals surface area contributed by atoms with Crippen LogP contribution in [-0.2, 0) is 32.7 Å². The van der Waals surface area contributed by atoms with Gasteiger partial charge in [-0.2, -0.15) is 0 Å². The summed E-state index contributed by atoms with van der Waals surface area (Å²) in [5.74, 6) is -1.83. The molecule has 0 aromatic heterocycles. The predicted octanol–water partition coefficient (Wildman–Crippen LogP) is 11.4. The standard InChI is InChI=1S/C42H76NO9P/c1-3-5-7-9-11-13-15-17-19-21-23-25-27-29-31-33-35-49-36-39(37-50-53(47,48)51-38-40(43)42(45)46)52-41(44)34-32-30-28-26-24-22-20-18-16-14-12-10-8-6-4-2/h6,8,12,14,18,20,33,35,39-40H,3-5,7,9-11,13,15-17,19,21-32,34,36-38,43H2,1-2H3,(H,45,46)(H,47,48)/b8-6-,14-12-,20-18-,35-33-/t39-,40+/m1/s1. The summed E-state index contributed by atoms with van der Waals surface area (Å²) >= 11 is 0. The van der Waals surface area contributed by atoms with Crippen LogP contribution in [0.5, 0.6) is 0 Å². The molecule has 0 amide bonds. The molecular formula is C42H76NO9P. The Bertz CT molecular complexity index is 1030. The molecule has 3 atom stereocenters. The average molecular weight is 770 g/mol. The van der Waals surface area contributed by atoms with E-state index in [1.807, 2.05) is 6.08 Å². The van der Waals surface area contributed by atoms with Crippen LogP contribution in [0.2, 0.25) is 0 Å². The molecule has 53 heavy (non-hydrogen) atoms. The minimum atomic E-state index is -4.63. The first-order chi connectivity index (χ1) is 25.7. The van der Waals surface area contributed by atoms with Gasteiger partial charge in [-0.05, 0) is 57.4 Å². The van der Waals surface area contributed by atoms with E-state index in [0.29, 0.717) is 6.42 Å². The number of carboxylic acids is 1. The van der Waals surface area contributed by atoms with Crippen molar-refractivity contribution in [1.82, 2.24) is 0 Å². The lowest BCUT2D eigenvalue weighted by Crippen LogP contribution is -2.34. The monoisotopic (exact) mass is 770 g/mol. The maximum atomic E-state index is 12.6. The van der Waals surface area contributed by atoms with Crippen LogP contribution in [0.3, 0.4) is 0 Å². The molecule has 0 fully saturated rings. The summed E-state index contributed by atoms with van der Waals surface area (Å²) in [7, 11) is -4.63. The molecule has 0 aromatic rings. The van der Waals surface area contributed by atoms with Crippen molar-refractivity contribution in [3.8, 4) is 0 Å². The van der Waals surface area contributed by atoms with Gasteiger partial charge in [0, 0.05) is 6.42 Å². The van der Waals surface area contributed by atoms with E-state index in [1.54, 1.807) is 6.26 Å². The van der Waals surface area contributed by atoms with E-state index >= 15 is 0 Å². The van der Waals surface area contributed by atoms with Crippen molar-refractivity contribution in [3.63, 3.8) is 0 Å². The third kappa shape index (κ3) is 37.9. The van der Waals surface area contributed by atoms with E-state index in [9.17, 15) is 19.0 Å². The highest BCUT2D eigenvalue weighted by Gasteiger charge is 2.27. The van der Waals surface area contributed by atoms with Gasteiger partial charge in [0.15, 0.2) is 6.10 Å². The van der Waals surface area contributed by atoms with Crippen LogP contribution in [-0.4, -0.2) is 53.9 Å². The number of allylic oxidation sites excluding steroid dienone is 7. The van der Waals surface area contributed by atoms with Gasteiger partial charge in [-0.15, -0.1) is 0 Å². The van der Waals surface area contributed by atoms with E-state index in [4.69, 9.17) is 24.8 Å². The molecular weight excluding hydrogens is 693 g/mol. The van der Waals surface area contributed by atoms with Crippen molar-refractivity contribution in [2.75, 3.05) is 19.8 Å². The van der Waals surface area contributed by atoms with E-state index in [0.717, 1.165) is 64.2 Å². The lowest BCUT2D eigenvalue weighted by Gasteiger charge is -2.20. The quantitative estimate of drug-likeness (QED) is 0.0181. The highest BCUT2D eigenvalue weighted by molar-refractivity contribution is 7.47. The van der Waals surface area contributed by atoms with Crippen LogP contribution >= 0.6 is 7.82 Å². The number of hydrogen-bond donors (Lipinski definition) is 3. The van der Waals surface area contributed by atoms with Crippen LogP contribution in [0.1, 0.15) is 174 Å². The fourth-order valence-electron chi connectivity index (χ4n) is 5.47. The van der Waals surface area contributed by atoms with Gasteiger partial charge in [-0.3, -0.25) is 18.6 Å². The molecule has 0 heterocycles. The largest absolute Gasteiger partial charge is 0.498 e. The predicted molar refractivity (Wildman–Crippen MR) is 217 cm³/mol. The summed E-state index contributed by atoms with van der Waals surface area (Å²) in [5, 5.41) is 8.88. The molecule has 11 heteroatoms. The number of ether oxygens (including phenoxy) is 2. The Hall–Kier alpha value is -2.23. The number of nitrogens with two attached hydrogens (primary N) is 1. The Labute approximate surface area is 322 Å². The van der Waals surface area contributed by atoms with Crippen LogP contribution < -0.4 is 5.73 Å². The Morgan fingerprint density at radius 1 is 0.623 bits per heavy atom. The van der Waals surface area contributed by atoms with Gasteiger partial charge in [0.1, 0.15) is 12.6 Å². The molecule has 0 aliphatic heterocycles. The summed E-state index contributed by atoms with van der Waals surface area (Å²) in [6.45, 7) is 3.14. The number of carbonyl (C=O) groups excluding carboxylic acids is 1. The first-order valence-corrected chi connectivity index (χ1v) is 22.2. The highest BCUT2D eigenvalue weighted by Crippen LogP contribution is 2.43. The SMILES string of the molecule is CC/C=C\C/C=C\C/C=C\CCCCCCCC(=O)O[C@H](CO/C=C\CCCCCCCCCCCCCCCC)COP(=O)(O)OC[C@H](N)C(=O)O. The first-order valence-electron chi connectivity index (χ1n) is 20.7. The van der Waals surface area contributed by atoms with Crippen LogP contribution in [0.15, 0.2) is 48.8 Å². The topological polar surface area (TPSA) is 155 Å². The fourth-order valence-corrected chi connectivity index (χ4v) is 6.24. The summed E-state index contributed by atoms with van der Waals surface area (Å²) in [4.78, 5) is 33.4. The first kappa shape index (κ1) is 50.8. The number of hydrogen-bond acceptors (Lipinski definition) is 8. The summed E-state index contributed by atoms with van der Waals surface area (Å²) in [6.07, 6.45) is 43.9. The molecule has 0 saturated heterocycles. The van der Waals surface area contributed by atoms with Crippen molar-refractivity contribution in [2.45, 2.75) is 187 Å². The third-order valence-electron chi connectivity index (χ3n) is 8.69. The van der Waals surface area contributed by atoms with Gasteiger partial charge in [0.05, 0.1) is 19.5 Å². The Kier molecular flexibility index (Phi) is 36.5. The number of esters is 1. The van der Waals surface area contributed by atoms with Crippen LogP contribution in [0.25, 0.3) is 0 Å². The van der Waals surface area contributed by atoms with Gasteiger partial charge in [0.2, 0.25) is 0 Å². The maximum absolute atomic E-state index is 12.6. The second kappa shape index (κ2) is 38.1. The van der Waals surface area contributed by atoms with Gasteiger partial charge >= 0.3 is 19.8 Å². The zero-order valence-electron chi connectivity index (χ0n) is 33.3. The molecule has 0 radical (unpaired) electrons. The summed E-state index contributed by atoms with van der Waals surface area (Å²) in [6, 6.07) is -1.48. The van der Waals surface area contributed by atoms with E-state index < -0.39 is 45.1 Å². The fraction of sp³-hybridized carbons (Fsp3) is 0.762. The minimum absolute atomic E-state index is 0.0746. The minimum Gasteiger partial charge on any atom is -0.498 e. The van der Waals surface area contributed by atoms with Crippen molar-refractivity contribution in [1.29, 1.82) is 0 Å². The Balaban J connectivity index is 4.34. The van der Waals surface area contributed by atoms with Gasteiger partial charge in [-0.1, -0.05) is 153 Å². The number of phosphoric ester groups is 1. The van der Waals surface area contributed by atoms with Crippen molar-refractivity contribution in [3.05, 3.63) is 48.8 Å². The zero-order chi connectivity index (χ0) is 39.1. The molecule has 0 spiro atoms. The second-order valence-electron chi connectivity index (χ2n) is 13.8. The van der Waals surface area contributed by atoms with E-state index in [2.05, 4.69) is 54.8 Å². The molecule has 0 saturated carbocycles. The second-order valence-corrected chi connectivity index (χ2v) is 15.3. The van der Waals surface area contributed by atoms with Crippen molar-refractivity contribution >= 4 is 19.8 Å². The molecule has 4 N–H and O–H groups in total. The molecule has 0 aliphatic carbocycles. The van der Waals surface area contributed by atoms with Crippen LogP contribution in [0.4, 0.5) is 0 Å². The molecule has 10 nitrogen and oxygen atoms in total. The number of rotatable bonds is 39. The molecule has 0 aromatic carbocycles. The number of carboxylic acid groups (broad SMARTS) is 1. The molecule has 1 unspecified atom stereocenters. The molecule has 308 valence electrons. The third-order valence-corrected chi connectivity index (χ3v) is 9.64. The molecule has 0 rings (SSSR count). The number of unbranched alkanes of at least 4 members (excludes halogenated alkanes) is 19. The van der Waals surface area contributed by atoms with E-state index in [-0.39, 0.29) is 13.0 Å². The number of phosphoric acid groups is 1. The number of carbonyl (C=O) groups is 2. The van der Waals surface area contributed by atoms with Gasteiger partial charge in [-0.25, -0.2) is 4.57 Å². The Morgan fingerprint density at radius 2 is 1.09 bits per heavy atom. The molecule has 0 aliphatic rings. The lowest BCUT2D eigenvalue weighted by molar-refractivity contribution is -0.153. The summed E-state index contributed by atoms with van der Waals surface area (Å²) < 4.78 is 33.0. The lowest BCUT2D eigenvalue weighted by atomic mass is 10.0.